The van der Waals surface area contributed by atoms with Crippen LogP contribution in [0.5, 0.6) is 0 Å². The van der Waals surface area contributed by atoms with Crippen LogP contribution in [-0.4, -0.2) is 32.8 Å². The van der Waals surface area contributed by atoms with Gasteiger partial charge in [0.1, 0.15) is 5.82 Å². The van der Waals surface area contributed by atoms with Crippen LogP contribution in [0.2, 0.25) is 0 Å². The molecule has 0 aliphatic heterocycles. The molecule has 1 rings (SSSR count). The lowest BCUT2D eigenvalue weighted by atomic mass is 9.89. The normalized spacial score (nSPS) is 13.3. The Morgan fingerprint density at radius 2 is 1.96 bits per heavy atom. The molecule has 132 valence electrons. The molecule has 0 saturated heterocycles. The Kier molecular flexibility index (Phi) is 9.68. The second-order valence-electron chi connectivity index (χ2n) is 6.48. The smallest absolute Gasteiger partial charge is 0.191 e. The van der Waals surface area contributed by atoms with E-state index in [9.17, 15) is 4.39 Å². The van der Waals surface area contributed by atoms with E-state index in [0.717, 1.165) is 5.56 Å². The Balaban J connectivity index is 0.00000484. The van der Waals surface area contributed by atoms with Gasteiger partial charge < -0.3 is 15.4 Å². The maximum atomic E-state index is 13.5. The highest BCUT2D eigenvalue weighted by Gasteiger charge is 2.24. The van der Waals surface area contributed by atoms with E-state index in [4.69, 9.17) is 4.74 Å². The topological polar surface area (TPSA) is 45.7 Å². The zero-order valence-corrected chi connectivity index (χ0v) is 17.2. The number of methoxy groups -OCH3 is 1. The van der Waals surface area contributed by atoms with Crippen molar-refractivity contribution in [2.45, 2.75) is 40.3 Å². The van der Waals surface area contributed by atoms with Gasteiger partial charge in [-0.25, -0.2) is 4.39 Å². The van der Waals surface area contributed by atoms with Crippen molar-refractivity contribution >= 4 is 29.9 Å². The highest BCUT2D eigenvalue weighted by atomic mass is 127. The van der Waals surface area contributed by atoms with E-state index in [1.807, 2.05) is 6.07 Å². The molecule has 2 N–H and O–H groups in total. The number of aliphatic imine (C=N–C) groups is 1. The quantitative estimate of drug-likeness (QED) is 0.421. The Morgan fingerprint density at radius 1 is 1.30 bits per heavy atom. The van der Waals surface area contributed by atoms with Gasteiger partial charge in [0.2, 0.25) is 0 Å². The molecule has 0 radical (unpaired) electrons. The van der Waals surface area contributed by atoms with Gasteiger partial charge in [-0.2, -0.15) is 0 Å². The van der Waals surface area contributed by atoms with Gasteiger partial charge in [0.05, 0.1) is 6.10 Å². The number of nitrogens with one attached hydrogen (secondary N) is 2. The minimum atomic E-state index is -0.186. The number of aryl methyl sites for hydroxylation is 1. The second-order valence-corrected chi connectivity index (χ2v) is 6.48. The average Bonchev–Trinajstić information content (AvgIpc) is 2.45. The highest BCUT2D eigenvalue weighted by molar-refractivity contribution is 14.0. The zero-order valence-electron chi connectivity index (χ0n) is 14.9. The van der Waals surface area contributed by atoms with Crippen LogP contribution in [-0.2, 0) is 11.3 Å². The third-order valence-corrected chi connectivity index (χ3v) is 3.63. The van der Waals surface area contributed by atoms with Crippen LogP contribution >= 0.6 is 24.0 Å². The number of rotatable bonds is 5. The van der Waals surface area contributed by atoms with Crippen molar-refractivity contribution < 1.29 is 9.13 Å². The maximum absolute atomic E-state index is 13.5. The van der Waals surface area contributed by atoms with Gasteiger partial charge >= 0.3 is 0 Å². The molecule has 1 atom stereocenters. The minimum absolute atomic E-state index is 0. The van der Waals surface area contributed by atoms with Gasteiger partial charge in [-0.05, 0) is 29.5 Å². The van der Waals surface area contributed by atoms with E-state index < -0.39 is 0 Å². The number of guanidine groups is 1. The fraction of sp³-hybridized carbons (Fsp3) is 0.588. The molecule has 0 saturated carbocycles. The second kappa shape index (κ2) is 10.1. The van der Waals surface area contributed by atoms with Gasteiger partial charge in [0.15, 0.2) is 5.96 Å². The molecule has 1 unspecified atom stereocenters. The summed E-state index contributed by atoms with van der Waals surface area (Å²) in [6, 6.07) is 5.23. The number of nitrogens with zero attached hydrogens (tertiary/aromatic N) is 1. The Morgan fingerprint density at radius 3 is 2.43 bits per heavy atom. The van der Waals surface area contributed by atoms with E-state index >= 15 is 0 Å². The fourth-order valence-corrected chi connectivity index (χ4v) is 2.09. The van der Waals surface area contributed by atoms with Gasteiger partial charge in [-0.15, -0.1) is 24.0 Å². The average molecular weight is 437 g/mol. The summed E-state index contributed by atoms with van der Waals surface area (Å²) in [4.78, 5) is 4.18. The molecular formula is C17H29FIN3O. The summed E-state index contributed by atoms with van der Waals surface area (Å²) in [5.41, 5.74) is 1.57. The fourth-order valence-electron chi connectivity index (χ4n) is 2.09. The van der Waals surface area contributed by atoms with Crippen molar-refractivity contribution in [2.75, 3.05) is 20.7 Å². The van der Waals surface area contributed by atoms with Crippen molar-refractivity contribution in [3.05, 3.63) is 35.1 Å². The predicted molar refractivity (Wildman–Crippen MR) is 105 cm³/mol. The molecule has 1 aromatic rings. The lowest BCUT2D eigenvalue weighted by Gasteiger charge is -2.30. The summed E-state index contributed by atoms with van der Waals surface area (Å²) in [6.45, 7) is 9.33. The largest absolute Gasteiger partial charge is 0.379 e. The van der Waals surface area contributed by atoms with Crippen LogP contribution in [0.15, 0.2) is 23.2 Å². The molecule has 0 aromatic heterocycles. The van der Waals surface area contributed by atoms with Gasteiger partial charge in [0.25, 0.3) is 0 Å². The molecule has 0 heterocycles. The molecule has 6 heteroatoms. The third kappa shape index (κ3) is 7.48. The number of ether oxygens (including phenoxy) is 1. The molecular weight excluding hydrogens is 408 g/mol. The lowest BCUT2D eigenvalue weighted by Crippen LogP contribution is -2.45. The SMILES string of the molecule is CN=C(NCc1ccc(C)c(F)c1)NCC(OC)C(C)(C)C.I. The summed E-state index contributed by atoms with van der Waals surface area (Å²) in [6.07, 6.45) is 0.0721. The number of hydrogen-bond acceptors (Lipinski definition) is 2. The zero-order chi connectivity index (χ0) is 16.8. The van der Waals surface area contributed by atoms with E-state index in [0.29, 0.717) is 24.6 Å². The van der Waals surface area contributed by atoms with Crippen molar-refractivity contribution in [3.63, 3.8) is 0 Å². The first-order chi connectivity index (χ1) is 10.3. The van der Waals surface area contributed by atoms with E-state index in [1.54, 1.807) is 33.2 Å². The minimum Gasteiger partial charge on any atom is -0.379 e. The Bertz CT molecular complexity index is 515. The van der Waals surface area contributed by atoms with Crippen LogP contribution < -0.4 is 10.6 Å². The monoisotopic (exact) mass is 437 g/mol. The summed E-state index contributed by atoms with van der Waals surface area (Å²) in [5.74, 6) is 0.488. The molecule has 0 aliphatic carbocycles. The Labute approximate surface area is 156 Å². The number of benzene rings is 1. The molecule has 1 aromatic carbocycles. The molecule has 0 aliphatic rings. The van der Waals surface area contributed by atoms with Crippen LogP contribution in [0, 0.1) is 18.2 Å². The first kappa shape index (κ1) is 22.1. The molecule has 4 nitrogen and oxygen atoms in total. The van der Waals surface area contributed by atoms with Crippen molar-refractivity contribution in [1.29, 1.82) is 0 Å². The van der Waals surface area contributed by atoms with Crippen LogP contribution in [0.3, 0.4) is 0 Å². The van der Waals surface area contributed by atoms with Crippen molar-refractivity contribution in [3.8, 4) is 0 Å². The molecule has 0 amide bonds. The molecule has 23 heavy (non-hydrogen) atoms. The maximum Gasteiger partial charge on any atom is 0.191 e. The first-order valence-electron chi connectivity index (χ1n) is 7.50. The number of halogens is 2. The highest BCUT2D eigenvalue weighted by Crippen LogP contribution is 2.20. The van der Waals surface area contributed by atoms with Gasteiger partial charge in [0, 0.05) is 27.2 Å². The van der Waals surface area contributed by atoms with E-state index in [1.165, 1.54) is 0 Å². The summed E-state index contributed by atoms with van der Waals surface area (Å²) in [5, 5.41) is 6.42. The van der Waals surface area contributed by atoms with Gasteiger partial charge in [-0.1, -0.05) is 32.9 Å². The van der Waals surface area contributed by atoms with Crippen LogP contribution in [0.1, 0.15) is 31.9 Å². The molecule has 0 fully saturated rings. The third-order valence-electron chi connectivity index (χ3n) is 3.63. The predicted octanol–water partition coefficient (Wildman–Crippen LogP) is 3.48. The standard InChI is InChI=1S/C17H28FN3O.HI/c1-12-7-8-13(9-14(12)18)10-20-16(19-5)21-11-15(22-6)17(2,3)4;/h7-9,15H,10-11H2,1-6H3,(H2,19,20,21);1H. The summed E-state index contributed by atoms with van der Waals surface area (Å²) in [7, 11) is 3.42. The van der Waals surface area contributed by atoms with E-state index in [-0.39, 0.29) is 41.3 Å². The first-order valence-corrected chi connectivity index (χ1v) is 7.50. The molecule has 0 bridgehead atoms. The number of hydrogen-bond donors (Lipinski definition) is 2. The van der Waals surface area contributed by atoms with Gasteiger partial charge in [-0.3, -0.25) is 4.99 Å². The molecule has 0 spiro atoms. The Hall–Kier alpha value is -0.890. The van der Waals surface area contributed by atoms with Crippen LogP contribution in [0.25, 0.3) is 0 Å². The summed E-state index contributed by atoms with van der Waals surface area (Å²) >= 11 is 0. The summed E-state index contributed by atoms with van der Waals surface area (Å²) < 4.78 is 19.0. The van der Waals surface area contributed by atoms with Crippen molar-refractivity contribution in [2.24, 2.45) is 10.4 Å². The lowest BCUT2D eigenvalue weighted by molar-refractivity contribution is 0.0205. The van der Waals surface area contributed by atoms with Crippen molar-refractivity contribution in [1.82, 2.24) is 10.6 Å². The van der Waals surface area contributed by atoms with Crippen LogP contribution in [0.4, 0.5) is 4.39 Å². The van der Waals surface area contributed by atoms with E-state index in [2.05, 4.69) is 36.4 Å².